The number of nitrogens with zero attached hydrogens (tertiary/aromatic N) is 3. The molecular formula is C15H24IN5S. The van der Waals surface area contributed by atoms with Crippen LogP contribution in [0.2, 0.25) is 0 Å². The number of hydrogen-bond donors (Lipinski definition) is 2. The SMILES string of the molecule is CCNC(=NCc1ccn(C)c1)NCCc1ncc(C)s1.I. The quantitative estimate of drug-likeness (QED) is 0.419. The Balaban J connectivity index is 0.00000242. The van der Waals surface area contributed by atoms with Crippen molar-refractivity contribution in [3.8, 4) is 0 Å². The fraction of sp³-hybridized carbons (Fsp3) is 0.467. The van der Waals surface area contributed by atoms with Crippen LogP contribution < -0.4 is 10.6 Å². The Labute approximate surface area is 153 Å². The number of nitrogens with one attached hydrogen (secondary N) is 2. The number of aryl methyl sites for hydroxylation is 2. The third kappa shape index (κ3) is 6.35. The van der Waals surface area contributed by atoms with Crippen LogP contribution in [0.3, 0.4) is 0 Å². The summed E-state index contributed by atoms with van der Waals surface area (Å²) >= 11 is 1.75. The zero-order valence-corrected chi connectivity index (χ0v) is 16.4. The van der Waals surface area contributed by atoms with Crippen molar-refractivity contribution in [1.29, 1.82) is 0 Å². The lowest BCUT2D eigenvalue weighted by atomic mass is 10.3. The van der Waals surface area contributed by atoms with Gasteiger partial charge in [0, 0.05) is 50.0 Å². The van der Waals surface area contributed by atoms with E-state index in [4.69, 9.17) is 0 Å². The van der Waals surface area contributed by atoms with Gasteiger partial charge in [0.25, 0.3) is 0 Å². The monoisotopic (exact) mass is 433 g/mol. The molecule has 0 atom stereocenters. The molecule has 7 heteroatoms. The lowest BCUT2D eigenvalue weighted by Gasteiger charge is -2.10. The van der Waals surface area contributed by atoms with Gasteiger partial charge in [0.05, 0.1) is 11.6 Å². The van der Waals surface area contributed by atoms with Gasteiger partial charge in [-0.2, -0.15) is 0 Å². The summed E-state index contributed by atoms with van der Waals surface area (Å²) in [5, 5.41) is 7.79. The minimum absolute atomic E-state index is 0. The summed E-state index contributed by atoms with van der Waals surface area (Å²) in [7, 11) is 2.02. The molecule has 0 unspecified atom stereocenters. The second-order valence-corrected chi connectivity index (χ2v) is 6.24. The molecule has 0 aliphatic heterocycles. The molecule has 2 heterocycles. The number of hydrogen-bond acceptors (Lipinski definition) is 3. The van der Waals surface area contributed by atoms with Crippen LogP contribution >= 0.6 is 35.3 Å². The van der Waals surface area contributed by atoms with E-state index in [0.717, 1.165) is 25.5 Å². The van der Waals surface area contributed by atoms with E-state index in [1.165, 1.54) is 15.4 Å². The average molecular weight is 433 g/mol. The van der Waals surface area contributed by atoms with Crippen LogP contribution in [0.5, 0.6) is 0 Å². The normalized spacial score (nSPS) is 11.1. The first-order valence-corrected chi connectivity index (χ1v) is 8.03. The summed E-state index contributed by atoms with van der Waals surface area (Å²) in [6.07, 6.45) is 6.98. The maximum atomic E-state index is 4.60. The number of rotatable bonds is 6. The van der Waals surface area contributed by atoms with Crippen molar-refractivity contribution in [2.45, 2.75) is 26.8 Å². The molecule has 2 aromatic rings. The highest BCUT2D eigenvalue weighted by Gasteiger charge is 2.01. The number of halogens is 1. The lowest BCUT2D eigenvalue weighted by Crippen LogP contribution is -2.38. The molecule has 0 amide bonds. The molecule has 0 saturated heterocycles. The minimum Gasteiger partial charge on any atom is -0.357 e. The van der Waals surface area contributed by atoms with Gasteiger partial charge in [0.1, 0.15) is 0 Å². The van der Waals surface area contributed by atoms with Crippen LogP contribution in [0, 0.1) is 6.92 Å². The first-order chi connectivity index (χ1) is 10.2. The van der Waals surface area contributed by atoms with Gasteiger partial charge in [0.15, 0.2) is 5.96 Å². The van der Waals surface area contributed by atoms with E-state index in [1.807, 2.05) is 24.0 Å². The minimum atomic E-state index is 0. The standard InChI is InChI=1S/C15H23N5S.HI/c1-4-16-15(19-10-13-6-8-20(3)11-13)17-7-5-14-18-9-12(2)21-14;/h6,8-9,11H,4-5,7,10H2,1-3H3,(H2,16,17,19);1H. The maximum absolute atomic E-state index is 4.60. The molecule has 0 fully saturated rings. The third-order valence-corrected chi connectivity index (χ3v) is 3.93. The second kappa shape index (κ2) is 9.83. The summed E-state index contributed by atoms with van der Waals surface area (Å²) in [4.78, 5) is 10.2. The summed E-state index contributed by atoms with van der Waals surface area (Å²) in [5.41, 5.74) is 1.21. The average Bonchev–Trinajstić information content (AvgIpc) is 3.05. The van der Waals surface area contributed by atoms with Crippen LogP contribution in [-0.4, -0.2) is 28.6 Å². The van der Waals surface area contributed by atoms with Crippen molar-refractivity contribution in [2.75, 3.05) is 13.1 Å². The largest absolute Gasteiger partial charge is 0.357 e. The van der Waals surface area contributed by atoms with Crippen molar-refractivity contribution in [3.05, 3.63) is 40.1 Å². The Hall–Kier alpha value is -1.09. The van der Waals surface area contributed by atoms with Crippen molar-refractivity contribution in [3.63, 3.8) is 0 Å². The van der Waals surface area contributed by atoms with E-state index >= 15 is 0 Å². The molecule has 2 aromatic heterocycles. The summed E-state index contributed by atoms with van der Waals surface area (Å²) < 4.78 is 2.04. The smallest absolute Gasteiger partial charge is 0.191 e. The van der Waals surface area contributed by atoms with Crippen LogP contribution in [0.25, 0.3) is 0 Å². The molecule has 0 saturated carbocycles. The zero-order valence-electron chi connectivity index (χ0n) is 13.3. The first-order valence-electron chi connectivity index (χ1n) is 7.21. The Morgan fingerprint density at radius 3 is 2.82 bits per heavy atom. The van der Waals surface area contributed by atoms with Crippen LogP contribution in [0.1, 0.15) is 22.4 Å². The molecule has 0 aromatic carbocycles. The highest BCUT2D eigenvalue weighted by atomic mass is 127. The Morgan fingerprint density at radius 2 is 2.23 bits per heavy atom. The Kier molecular flexibility index (Phi) is 8.47. The zero-order chi connectivity index (χ0) is 15.1. The summed E-state index contributed by atoms with van der Waals surface area (Å²) in [6, 6.07) is 2.09. The van der Waals surface area contributed by atoms with Crippen molar-refractivity contribution < 1.29 is 0 Å². The molecule has 5 nitrogen and oxygen atoms in total. The van der Waals surface area contributed by atoms with Gasteiger partial charge in [-0.25, -0.2) is 9.98 Å². The number of aromatic nitrogens is 2. The topological polar surface area (TPSA) is 54.2 Å². The third-order valence-electron chi connectivity index (χ3n) is 2.96. The number of guanidine groups is 1. The molecule has 0 aliphatic rings. The van der Waals surface area contributed by atoms with Crippen molar-refractivity contribution in [2.24, 2.45) is 12.0 Å². The highest BCUT2D eigenvalue weighted by Crippen LogP contribution is 2.10. The van der Waals surface area contributed by atoms with Gasteiger partial charge in [-0.1, -0.05) is 0 Å². The van der Waals surface area contributed by atoms with Gasteiger partial charge >= 0.3 is 0 Å². The number of aliphatic imine (C=N–C) groups is 1. The summed E-state index contributed by atoms with van der Waals surface area (Å²) in [6.45, 7) is 6.54. The fourth-order valence-electron chi connectivity index (χ4n) is 1.97. The molecule has 0 spiro atoms. The predicted octanol–water partition coefficient (Wildman–Crippen LogP) is 2.71. The Morgan fingerprint density at radius 1 is 1.41 bits per heavy atom. The maximum Gasteiger partial charge on any atom is 0.191 e. The van der Waals surface area contributed by atoms with Crippen LogP contribution in [0.15, 0.2) is 29.6 Å². The van der Waals surface area contributed by atoms with Crippen LogP contribution in [-0.2, 0) is 20.0 Å². The molecule has 122 valence electrons. The lowest BCUT2D eigenvalue weighted by molar-refractivity contribution is 0.796. The first kappa shape index (κ1) is 19.0. The van der Waals surface area contributed by atoms with E-state index in [1.54, 1.807) is 11.3 Å². The Bertz CT molecular complexity index is 590. The molecule has 0 bridgehead atoms. The second-order valence-electron chi connectivity index (χ2n) is 4.92. The van der Waals surface area contributed by atoms with E-state index in [0.29, 0.717) is 6.54 Å². The van der Waals surface area contributed by atoms with Gasteiger partial charge in [-0.3, -0.25) is 0 Å². The van der Waals surface area contributed by atoms with E-state index in [2.05, 4.69) is 46.7 Å². The van der Waals surface area contributed by atoms with E-state index < -0.39 is 0 Å². The molecule has 0 radical (unpaired) electrons. The van der Waals surface area contributed by atoms with Gasteiger partial charge in [-0.05, 0) is 25.5 Å². The number of thiazole rings is 1. The van der Waals surface area contributed by atoms with Gasteiger partial charge in [0.2, 0.25) is 0 Å². The molecule has 0 aliphatic carbocycles. The predicted molar refractivity (Wildman–Crippen MR) is 104 cm³/mol. The molecule has 22 heavy (non-hydrogen) atoms. The fourth-order valence-corrected chi connectivity index (χ4v) is 2.76. The van der Waals surface area contributed by atoms with Gasteiger partial charge < -0.3 is 15.2 Å². The van der Waals surface area contributed by atoms with E-state index in [9.17, 15) is 0 Å². The molecule has 2 N–H and O–H groups in total. The molecular weight excluding hydrogens is 409 g/mol. The van der Waals surface area contributed by atoms with Crippen LogP contribution in [0.4, 0.5) is 0 Å². The summed E-state index contributed by atoms with van der Waals surface area (Å²) in [5.74, 6) is 0.856. The van der Waals surface area contributed by atoms with E-state index in [-0.39, 0.29) is 24.0 Å². The molecule has 2 rings (SSSR count). The van der Waals surface area contributed by atoms with Crippen molar-refractivity contribution >= 4 is 41.3 Å². The van der Waals surface area contributed by atoms with Crippen molar-refractivity contribution in [1.82, 2.24) is 20.2 Å². The highest BCUT2D eigenvalue weighted by molar-refractivity contribution is 14.0. The van der Waals surface area contributed by atoms with Gasteiger partial charge in [-0.15, -0.1) is 35.3 Å².